The highest BCUT2D eigenvalue weighted by Crippen LogP contribution is 2.29. The Morgan fingerprint density at radius 1 is 1.19 bits per heavy atom. The second kappa shape index (κ2) is 5.51. The molecule has 0 amide bonds. The standard InChI is InChI=1S/C17H18ClN3/c1-3-21-16-7-4-12(10-19)9-15(16)20-17(21)14-6-5-13(18)8-11(14)2/h4-9H,3,10,19H2,1-2H3. The van der Waals surface area contributed by atoms with Crippen molar-refractivity contribution in [1.29, 1.82) is 0 Å². The first-order valence-corrected chi connectivity index (χ1v) is 7.47. The molecular weight excluding hydrogens is 282 g/mol. The van der Waals surface area contributed by atoms with Gasteiger partial charge in [0.15, 0.2) is 0 Å². The predicted molar refractivity (Wildman–Crippen MR) is 88.5 cm³/mol. The zero-order valence-corrected chi connectivity index (χ0v) is 13.0. The van der Waals surface area contributed by atoms with Gasteiger partial charge in [0.2, 0.25) is 0 Å². The molecule has 1 aromatic heterocycles. The van der Waals surface area contributed by atoms with Crippen LogP contribution in [0.1, 0.15) is 18.1 Å². The smallest absolute Gasteiger partial charge is 0.141 e. The Morgan fingerprint density at radius 3 is 2.67 bits per heavy atom. The minimum absolute atomic E-state index is 0.532. The molecule has 0 bridgehead atoms. The van der Waals surface area contributed by atoms with Crippen molar-refractivity contribution in [2.45, 2.75) is 26.9 Å². The Balaban J connectivity index is 2.26. The third-order valence-corrected chi connectivity index (χ3v) is 4.03. The Kier molecular flexibility index (Phi) is 3.70. The molecule has 21 heavy (non-hydrogen) atoms. The first-order chi connectivity index (χ1) is 10.1. The zero-order chi connectivity index (χ0) is 15.0. The number of hydrogen-bond donors (Lipinski definition) is 1. The molecule has 3 rings (SSSR count). The quantitative estimate of drug-likeness (QED) is 0.790. The topological polar surface area (TPSA) is 43.8 Å². The number of aryl methyl sites for hydroxylation is 2. The van der Waals surface area contributed by atoms with Crippen LogP contribution in [-0.4, -0.2) is 9.55 Å². The van der Waals surface area contributed by atoms with E-state index in [0.717, 1.165) is 45.1 Å². The van der Waals surface area contributed by atoms with Crippen LogP contribution in [0.3, 0.4) is 0 Å². The number of imidazole rings is 1. The molecule has 0 saturated heterocycles. The van der Waals surface area contributed by atoms with Crippen LogP contribution in [0, 0.1) is 6.92 Å². The number of nitrogens with zero attached hydrogens (tertiary/aromatic N) is 2. The maximum atomic E-state index is 6.06. The molecular formula is C17H18ClN3. The van der Waals surface area contributed by atoms with E-state index in [1.54, 1.807) is 0 Å². The van der Waals surface area contributed by atoms with Crippen molar-refractivity contribution in [2.75, 3.05) is 0 Å². The molecule has 0 spiro atoms. The molecule has 4 heteroatoms. The van der Waals surface area contributed by atoms with Crippen molar-refractivity contribution in [1.82, 2.24) is 9.55 Å². The predicted octanol–water partition coefficient (Wildman–Crippen LogP) is 4.14. The van der Waals surface area contributed by atoms with Crippen molar-refractivity contribution >= 4 is 22.6 Å². The van der Waals surface area contributed by atoms with Gasteiger partial charge in [-0.1, -0.05) is 17.7 Å². The number of nitrogens with two attached hydrogens (primary N) is 1. The Bertz CT molecular complexity index is 805. The normalized spacial score (nSPS) is 11.2. The lowest BCUT2D eigenvalue weighted by atomic mass is 10.1. The molecule has 0 unspecified atom stereocenters. The summed E-state index contributed by atoms with van der Waals surface area (Å²) in [6.07, 6.45) is 0. The molecule has 0 fully saturated rings. The minimum Gasteiger partial charge on any atom is -0.326 e. The summed E-state index contributed by atoms with van der Waals surface area (Å²) < 4.78 is 2.23. The fourth-order valence-corrected chi connectivity index (χ4v) is 2.93. The van der Waals surface area contributed by atoms with Gasteiger partial charge < -0.3 is 10.3 Å². The summed E-state index contributed by atoms with van der Waals surface area (Å²) in [7, 11) is 0. The molecule has 2 N–H and O–H groups in total. The van der Waals surface area contributed by atoms with Crippen molar-refractivity contribution in [2.24, 2.45) is 5.73 Å². The lowest BCUT2D eigenvalue weighted by molar-refractivity contribution is 0.795. The largest absolute Gasteiger partial charge is 0.326 e. The van der Waals surface area contributed by atoms with Crippen LogP contribution in [0.2, 0.25) is 5.02 Å². The molecule has 0 aliphatic heterocycles. The van der Waals surface area contributed by atoms with E-state index in [9.17, 15) is 0 Å². The summed E-state index contributed by atoms with van der Waals surface area (Å²) >= 11 is 6.06. The molecule has 0 atom stereocenters. The monoisotopic (exact) mass is 299 g/mol. The van der Waals surface area contributed by atoms with Gasteiger partial charge in [0, 0.05) is 23.7 Å². The van der Waals surface area contributed by atoms with E-state index in [-0.39, 0.29) is 0 Å². The Hall–Kier alpha value is -1.84. The highest BCUT2D eigenvalue weighted by molar-refractivity contribution is 6.30. The molecule has 0 saturated carbocycles. The van der Waals surface area contributed by atoms with Gasteiger partial charge in [-0.3, -0.25) is 0 Å². The van der Waals surface area contributed by atoms with E-state index in [2.05, 4.69) is 36.6 Å². The van der Waals surface area contributed by atoms with Gasteiger partial charge in [0.1, 0.15) is 5.82 Å². The molecule has 0 radical (unpaired) electrons. The molecule has 0 aliphatic rings. The first kappa shape index (κ1) is 14.1. The number of rotatable bonds is 3. The molecule has 0 aliphatic carbocycles. The maximum absolute atomic E-state index is 6.06. The third-order valence-electron chi connectivity index (χ3n) is 3.79. The molecule has 2 aromatic carbocycles. The summed E-state index contributed by atoms with van der Waals surface area (Å²) in [6.45, 7) is 5.60. The maximum Gasteiger partial charge on any atom is 0.141 e. The van der Waals surface area contributed by atoms with E-state index in [1.807, 2.05) is 18.2 Å². The second-order valence-corrected chi connectivity index (χ2v) is 5.60. The Labute approximate surface area is 129 Å². The van der Waals surface area contributed by atoms with Gasteiger partial charge >= 0.3 is 0 Å². The van der Waals surface area contributed by atoms with E-state index in [1.165, 1.54) is 0 Å². The van der Waals surface area contributed by atoms with Gasteiger partial charge in [0.05, 0.1) is 11.0 Å². The lowest BCUT2D eigenvalue weighted by Gasteiger charge is -2.09. The van der Waals surface area contributed by atoms with Crippen LogP contribution in [-0.2, 0) is 13.1 Å². The van der Waals surface area contributed by atoms with Gasteiger partial charge in [-0.15, -0.1) is 0 Å². The minimum atomic E-state index is 0.532. The average molecular weight is 300 g/mol. The summed E-state index contributed by atoms with van der Waals surface area (Å²) in [5.74, 6) is 0.982. The van der Waals surface area contributed by atoms with Crippen LogP contribution < -0.4 is 5.73 Å². The third kappa shape index (κ3) is 2.43. The van der Waals surface area contributed by atoms with Gasteiger partial charge in [-0.25, -0.2) is 4.98 Å². The summed E-state index contributed by atoms with van der Waals surface area (Å²) in [6, 6.07) is 12.2. The fourth-order valence-electron chi connectivity index (χ4n) is 2.71. The van der Waals surface area contributed by atoms with Gasteiger partial charge in [0.25, 0.3) is 0 Å². The van der Waals surface area contributed by atoms with Crippen molar-refractivity contribution in [3.63, 3.8) is 0 Å². The summed E-state index contributed by atoms with van der Waals surface area (Å²) in [5, 5.41) is 0.751. The van der Waals surface area contributed by atoms with Crippen LogP contribution in [0.15, 0.2) is 36.4 Å². The number of hydrogen-bond acceptors (Lipinski definition) is 2. The first-order valence-electron chi connectivity index (χ1n) is 7.09. The van der Waals surface area contributed by atoms with Crippen LogP contribution in [0.5, 0.6) is 0 Å². The molecule has 3 nitrogen and oxygen atoms in total. The fraction of sp³-hybridized carbons (Fsp3) is 0.235. The SMILES string of the molecule is CCn1c(-c2ccc(Cl)cc2C)nc2cc(CN)ccc21. The summed E-state index contributed by atoms with van der Waals surface area (Å²) in [4.78, 5) is 4.82. The number of fused-ring (bicyclic) bond motifs is 1. The second-order valence-electron chi connectivity index (χ2n) is 5.17. The van der Waals surface area contributed by atoms with E-state index in [0.29, 0.717) is 6.54 Å². The van der Waals surface area contributed by atoms with Crippen molar-refractivity contribution < 1.29 is 0 Å². The molecule has 108 valence electrons. The van der Waals surface area contributed by atoms with Gasteiger partial charge in [-0.2, -0.15) is 0 Å². The van der Waals surface area contributed by atoms with E-state index >= 15 is 0 Å². The lowest BCUT2D eigenvalue weighted by Crippen LogP contribution is -1.99. The van der Waals surface area contributed by atoms with Crippen molar-refractivity contribution in [3.8, 4) is 11.4 Å². The number of halogens is 1. The number of benzene rings is 2. The Morgan fingerprint density at radius 2 is 2.00 bits per heavy atom. The molecule has 3 aromatic rings. The highest BCUT2D eigenvalue weighted by Gasteiger charge is 2.13. The zero-order valence-electron chi connectivity index (χ0n) is 12.2. The van der Waals surface area contributed by atoms with E-state index in [4.69, 9.17) is 22.3 Å². The summed E-state index contributed by atoms with van der Waals surface area (Å²) in [5.41, 5.74) is 11.2. The van der Waals surface area contributed by atoms with Crippen LogP contribution >= 0.6 is 11.6 Å². The van der Waals surface area contributed by atoms with Gasteiger partial charge in [-0.05, 0) is 55.3 Å². The highest BCUT2D eigenvalue weighted by atomic mass is 35.5. The molecule has 1 heterocycles. The number of aromatic nitrogens is 2. The van der Waals surface area contributed by atoms with Crippen LogP contribution in [0.25, 0.3) is 22.4 Å². The average Bonchev–Trinajstić information content (AvgIpc) is 2.84. The van der Waals surface area contributed by atoms with Crippen molar-refractivity contribution in [3.05, 3.63) is 52.5 Å². The van der Waals surface area contributed by atoms with E-state index < -0.39 is 0 Å². The van der Waals surface area contributed by atoms with Crippen LogP contribution in [0.4, 0.5) is 0 Å².